The van der Waals surface area contributed by atoms with Crippen molar-refractivity contribution in [1.82, 2.24) is 4.98 Å². The Morgan fingerprint density at radius 1 is 1.24 bits per heavy atom. The molecule has 1 aromatic heterocycles. The van der Waals surface area contributed by atoms with Gasteiger partial charge < -0.3 is 4.98 Å². The van der Waals surface area contributed by atoms with E-state index in [4.69, 9.17) is 5.26 Å². The number of carbonyl (C=O) groups excluding carboxylic acids is 1. The Labute approximate surface area is 145 Å². The number of hydrogen-bond donors (Lipinski definition) is 2. The molecule has 0 saturated heterocycles. The molecule has 0 aliphatic heterocycles. The highest BCUT2D eigenvalue weighted by molar-refractivity contribution is 7.92. The van der Waals surface area contributed by atoms with Crippen molar-refractivity contribution >= 4 is 32.4 Å². The van der Waals surface area contributed by atoms with Gasteiger partial charge >= 0.3 is 0 Å². The van der Waals surface area contributed by atoms with Gasteiger partial charge in [0.05, 0.1) is 27.7 Å². The van der Waals surface area contributed by atoms with Crippen LogP contribution >= 0.6 is 0 Å². The van der Waals surface area contributed by atoms with Crippen LogP contribution in [0.15, 0.2) is 47.5 Å². The molecule has 3 rings (SSSR count). The monoisotopic (exact) mass is 353 g/mol. The number of nitrogens with one attached hydrogen (secondary N) is 2. The van der Waals surface area contributed by atoms with Gasteiger partial charge in [-0.1, -0.05) is 12.1 Å². The lowest BCUT2D eigenvalue weighted by atomic mass is 10.0. The average Bonchev–Trinajstić information content (AvgIpc) is 3.04. The van der Waals surface area contributed by atoms with Gasteiger partial charge in [0.25, 0.3) is 10.0 Å². The minimum atomic E-state index is -3.87. The summed E-state index contributed by atoms with van der Waals surface area (Å²) in [5.74, 6) is -0.101. The number of H-pyrrole nitrogens is 1. The van der Waals surface area contributed by atoms with E-state index in [0.717, 1.165) is 5.56 Å². The Kier molecular flexibility index (Phi) is 4.07. The summed E-state index contributed by atoms with van der Waals surface area (Å²) in [6.07, 6.45) is 1.58. The number of aromatic amines is 1. The third kappa shape index (κ3) is 2.99. The molecule has 0 fully saturated rings. The lowest BCUT2D eigenvalue weighted by molar-refractivity contribution is 0.101. The topological polar surface area (TPSA) is 103 Å². The predicted octanol–water partition coefficient (Wildman–Crippen LogP) is 3.35. The van der Waals surface area contributed by atoms with Gasteiger partial charge in [0, 0.05) is 17.1 Å². The van der Waals surface area contributed by atoms with Crippen LogP contribution in [0.1, 0.15) is 28.4 Å². The average molecular weight is 353 g/mol. The number of nitriles is 1. The Morgan fingerprint density at radius 2 is 2.00 bits per heavy atom. The number of fused-ring (bicyclic) bond motifs is 1. The summed E-state index contributed by atoms with van der Waals surface area (Å²) in [5.41, 5.74) is 2.53. The number of sulfonamides is 1. The number of nitrogens with zero attached hydrogens (tertiary/aromatic N) is 1. The molecule has 2 aromatic carbocycles. The molecule has 0 unspecified atom stereocenters. The molecule has 0 spiro atoms. The van der Waals surface area contributed by atoms with Crippen LogP contribution in [0.5, 0.6) is 0 Å². The van der Waals surface area contributed by atoms with Crippen LogP contribution in [0.3, 0.4) is 0 Å². The summed E-state index contributed by atoms with van der Waals surface area (Å²) in [6, 6.07) is 11.1. The number of rotatable bonds is 4. The van der Waals surface area contributed by atoms with Gasteiger partial charge in [0.15, 0.2) is 5.78 Å². The van der Waals surface area contributed by atoms with E-state index in [9.17, 15) is 13.2 Å². The van der Waals surface area contributed by atoms with Crippen LogP contribution < -0.4 is 4.72 Å². The second-order valence-electron chi connectivity index (χ2n) is 5.68. The number of anilines is 1. The van der Waals surface area contributed by atoms with E-state index in [2.05, 4.69) is 9.71 Å². The second-order valence-corrected chi connectivity index (χ2v) is 7.37. The Bertz CT molecular complexity index is 1140. The van der Waals surface area contributed by atoms with Crippen LogP contribution in [0.25, 0.3) is 10.9 Å². The minimum absolute atomic E-state index is 0.00128. The van der Waals surface area contributed by atoms with Crippen molar-refractivity contribution in [2.75, 3.05) is 4.72 Å². The van der Waals surface area contributed by atoms with Gasteiger partial charge in [-0.05, 0) is 43.7 Å². The summed E-state index contributed by atoms with van der Waals surface area (Å²) < 4.78 is 27.8. The first-order valence-corrected chi connectivity index (χ1v) is 8.96. The first kappa shape index (κ1) is 16.7. The van der Waals surface area contributed by atoms with Gasteiger partial charge in [0.1, 0.15) is 0 Å². The van der Waals surface area contributed by atoms with Crippen LogP contribution in [-0.4, -0.2) is 19.2 Å². The van der Waals surface area contributed by atoms with Gasteiger partial charge in [-0.3, -0.25) is 9.52 Å². The molecular weight excluding hydrogens is 338 g/mol. The van der Waals surface area contributed by atoms with E-state index in [0.29, 0.717) is 22.2 Å². The molecular formula is C18H15N3O3S. The number of carbonyl (C=O) groups is 1. The molecule has 0 aliphatic carbocycles. The number of benzene rings is 2. The van der Waals surface area contributed by atoms with Crippen molar-refractivity contribution in [3.8, 4) is 6.07 Å². The van der Waals surface area contributed by atoms with Crippen molar-refractivity contribution < 1.29 is 13.2 Å². The second kappa shape index (κ2) is 6.07. The van der Waals surface area contributed by atoms with Crippen LogP contribution in [-0.2, 0) is 10.0 Å². The molecule has 0 saturated carbocycles. The third-order valence-electron chi connectivity index (χ3n) is 3.94. The highest BCUT2D eigenvalue weighted by Gasteiger charge is 2.19. The van der Waals surface area contributed by atoms with Gasteiger partial charge in [0.2, 0.25) is 0 Å². The van der Waals surface area contributed by atoms with Crippen molar-refractivity contribution in [2.24, 2.45) is 0 Å². The van der Waals surface area contributed by atoms with E-state index in [1.54, 1.807) is 18.3 Å². The normalized spacial score (nSPS) is 11.2. The summed E-state index contributed by atoms with van der Waals surface area (Å²) in [6.45, 7) is 3.32. The van der Waals surface area contributed by atoms with Crippen LogP contribution in [0.2, 0.25) is 0 Å². The predicted molar refractivity (Wildman–Crippen MR) is 95.0 cm³/mol. The molecule has 6 nitrogen and oxygen atoms in total. The lowest BCUT2D eigenvalue weighted by Crippen LogP contribution is -2.13. The maximum atomic E-state index is 12.6. The zero-order valence-corrected chi connectivity index (χ0v) is 14.4. The molecule has 0 bridgehead atoms. The van der Waals surface area contributed by atoms with E-state index in [-0.39, 0.29) is 16.2 Å². The highest BCUT2D eigenvalue weighted by atomic mass is 32.2. The van der Waals surface area contributed by atoms with Crippen molar-refractivity contribution in [2.45, 2.75) is 18.7 Å². The maximum absolute atomic E-state index is 12.6. The zero-order valence-electron chi connectivity index (χ0n) is 13.6. The largest absolute Gasteiger partial charge is 0.359 e. The van der Waals surface area contributed by atoms with Gasteiger partial charge in [-0.15, -0.1) is 0 Å². The summed E-state index contributed by atoms with van der Waals surface area (Å²) in [5, 5.41) is 9.64. The smallest absolute Gasteiger partial charge is 0.262 e. The summed E-state index contributed by atoms with van der Waals surface area (Å²) >= 11 is 0. The molecule has 126 valence electrons. The highest BCUT2D eigenvalue weighted by Crippen LogP contribution is 2.30. The minimum Gasteiger partial charge on any atom is -0.359 e. The maximum Gasteiger partial charge on any atom is 0.262 e. The molecule has 25 heavy (non-hydrogen) atoms. The molecule has 3 aromatic rings. The number of aryl methyl sites for hydroxylation is 1. The molecule has 0 atom stereocenters. The Balaban J connectivity index is 2.10. The third-order valence-corrected chi connectivity index (χ3v) is 5.30. The van der Waals surface area contributed by atoms with E-state index < -0.39 is 10.0 Å². The summed E-state index contributed by atoms with van der Waals surface area (Å²) in [4.78, 5) is 14.7. The number of ketones is 1. The fourth-order valence-electron chi connectivity index (χ4n) is 2.72. The SMILES string of the molecule is CC(=O)c1c[nH]c2c(NS(=O)(=O)c3cccc(C#N)c3)ccc(C)c12. The lowest BCUT2D eigenvalue weighted by Gasteiger charge is -2.11. The fourth-order valence-corrected chi connectivity index (χ4v) is 3.84. The standard InChI is InChI=1S/C18H15N3O3S/c1-11-6-7-16(18-17(11)15(10-20-18)12(2)22)21-25(23,24)14-5-3-4-13(8-14)9-19/h3-8,10,20-21H,1-2H3. The first-order valence-electron chi connectivity index (χ1n) is 7.48. The molecule has 0 radical (unpaired) electrons. The molecule has 0 aliphatic rings. The van der Waals surface area contributed by atoms with E-state index in [1.165, 1.54) is 31.2 Å². The molecule has 7 heteroatoms. The fraction of sp³-hybridized carbons (Fsp3) is 0.111. The van der Waals surface area contributed by atoms with Gasteiger partial charge in [-0.2, -0.15) is 5.26 Å². The quantitative estimate of drug-likeness (QED) is 0.702. The molecule has 0 amide bonds. The van der Waals surface area contributed by atoms with Crippen molar-refractivity contribution in [3.63, 3.8) is 0 Å². The first-order chi connectivity index (χ1) is 11.8. The van der Waals surface area contributed by atoms with Crippen molar-refractivity contribution in [1.29, 1.82) is 5.26 Å². The molecule has 2 N–H and O–H groups in total. The van der Waals surface area contributed by atoms with Crippen molar-refractivity contribution in [3.05, 3.63) is 59.3 Å². The number of aromatic nitrogens is 1. The van der Waals surface area contributed by atoms with E-state index >= 15 is 0 Å². The van der Waals surface area contributed by atoms with Gasteiger partial charge in [-0.25, -0.2) is 8.42 Å². The zero-order chi connectivity index (χ0) is 18.2. The van der Waals surface area contributed by atoms with E-state index in [1.807, 2.05) is 13.0 Å². The number of Topliss-reactive ketones (excluding diaryl/α,β-unsaturated/α-hetero) is 1. The van der Waals surface area contributed by atoms with Crippen LogP contribution in [0.4, 0.5) is 5.69 Å². The Hall–Kier alpha value is -3.11. The molecule has 1 heterocycles. The van der Waals surface area contributed by atoms with Crippen LogP contribution in [0, 0.1) is 18.3 Å². The Morgan fingerprint density at radius 3 is 2.68 bits per heavy atom. The summed E-state index contributed by atoms with van der Waals surface area (Å²) in [7, 11) is -3.87. The number of hydrogen-bond acceptors (Lipinski definition) is 4.